The second-order valence-electron chi connectivity index (χ2n) is 10.4. The lowest BCUT2D eigenvalue weighted by Crippen LogP contribution is -2.29. The number of Topliss-reactive ketones (excluding diaryl/α,β-unsaturated/α-hetero) is 1. The summed E-state index contributed by atoms with van der Waals surface area (Å²) in [5, 5.41) is 11.8. The predicted molar refractivity (Wildman–Crippen MR) is 160 cm³/mol. The maximum Gasteiger partial charge on any atom is 0.350 e. The second kappa shape index (κ2) is 11.4. The summed E-state index contributed by atoms with van der Waals surface area (Å²) in [5.74, 6) is -1.41. The van der Waals surface area contributed by atoms with Crippen LogP contribution in [0.1, 0.15) is 50.6 Å². The van der Waals surface area contributed by atoms with Crippen LogP contribution in [-0.2, 0) is 27.4 Å². The molecule has 0 aliphatic carbocycles. The molecule has 0 saturated carbocycles. The number of fused-ring (bicyclic) bond motifs is 1. The van der Waals surface area contributed by atoms with Crippen molar-refractivity contribution in [3.8, 4) is 11.5 Å². The van der Waals surface area contributed by atoms with Crippen molar-refractivity contribution in [3.63, 3.8) is 0 Å². The molecule has 1 saturated heterocycles. The fourth-order valence-corrected chi connectivity index (χ4v) is 6.36. The van der Waals surface area contributed by atoms with E-state index in [0.717, 1.165) is 28.2 Å². The largest absolute Gasteiger partial charge is 0.507 e. The molecule has 9 nitrogen and oxygen atoms in total. The number of hydrogen-bond donors (Lipinski definition) is 1. The number of benzene rings is 3. The number of amides is 1. The minimum atomic E-state index is -1.04. The van der Waals surface area contributed by atoms with Crippen LogP contribution in [0.15, 0.2) is 78.4 Å². The van der Waals surface area contributed by atoms with E-state index in [0.29, 0.717) is 35.6 Å². The number of carbonyl (C=O) groups excluding carboxylic acids is 3. The maximum atomic E-state index is 13.7. The molecule has 1 aromatic heterocycles. The number of thiazole rings is 1. The van der Waals surface area contributed by atoms with Crippen LogP contribution in [-0.4, -0.2) is 41.0 Å². The fourth-order valence-electron chi connectivity index (χ4n) is 5.35. The number of nitrogens with zero attached hydrogens (tertiary/aromatic N) is 2. The number of aromatic nitrogens is 1. The van der Waals surface area contributed by atoms with Gasteiger partial charge in [0.25, 0.3) is 5.78 Å². The van der Waals surface area contributed by atoms with Crippen LogP contribution in [0.2, 0.25) is 0 Å². The third-order valence-corrected chi connectivity index (χ3v) is 8.53. The van der Waals surface area contributed by atoms with Gasteiger partial charge in [-0.2, -0.15) is 0 Å². The average Bonchev–Trinajstić information content (AvgIpc) is 3.67. The van der Waals surface area contributed by atoms with E-state index < -0.39 is 23.7 Å². The van der Waals surface area contributed by atoms with E-state index in [2.05, 4.69) is 4.98 Å². The van der Waals surface area contributed by atoms with E-state index in [1.807, 2.05) is 37.3 Å². The zero-order chi connectivity index (χ0) is 30.2. The Morgan fingerprint density at radius 1 is 1.09 bits per heavy atom. The van der Waals surface area contributed by atoms with Gasteiger partial charge >= 0.3 is 11.9 Å². The predicted octanol–water partition coefficient (Wildman–Crippen LogP) is 5.77. The molecule has 3 heterocycles. The molecule has 6 rings (SSSR count). The summed E-state index contributed by atoms with van der Waals surface area (Å²) >= 11 is 0.947. The zero-order valence-electron chi connectivity index (χ0n) is 23.7. The second-order valence-corrected chi connectivity index (χ2v) is 11.4. The lowest BCUT2D eigenvalue weighted by atomic mass is 9.94. The first-order valence-corrected chi connectivity index (χ1v) is 14.5. The first kappa shape index (κ1) is 28.2. The van der Waals surface area contributed by atoms with Crippen LogP contribution >= 0.6 is 11.3 Å². The highest BCUT2D eigenvalue weighted by atomic mass is 32.1. The van der Waals surface area contributed by atoms with Crippen LogP contribution in [0.4, 0.5) is 5.13 Å². The molecule has 10 heteroatoms. The molecule has 1 amide bonds. The number of aryl methyl sites for hydroxylation is 1. The van der Waals surface area contributed by atoms with Crippen LogP contribution in [0.3, 0.4) is 0 Å². The first-order valence-electron chi connectivity index (χ1n) is 13.7. The van der Waals surface area contributed by atoms with Crippen molar-refractivity contribution in [1.29, 1.82) is 0 Å². The summed E-state index contributed by atoms with van der Waals surface area (Å²) in [7, 11) is 1.26. The van der Waals surface area contributed by atoms with E-state index in [1.165, 1.54) is 12.0 Å². The Kier molecular flexibility index (Phi) is 7.45. The number of carbonyl (C=O) groups is 3. The highest BCUT2D eigenvalue weighted by Crippen LogP contribution is 2.45. The van der Waals surface area contributed by atoms with Gasteiger partial charge in [-0.1, -0.05) is 53.8 Å². The Balaban J connectivity index is 1.46. The zero-order valence-corrected chi connectivity index (χ0v) is 24.5. The summed E-state index contributed by atoms with van der Waals surface area (Å²) in [6.07, 6.45) is 0.651. The topological polar surface area (TPSA) is 115 Å². The van der Waals surface area contributed by atoms with Crippen molar-refractivity contribution in [2.24, 2.45) is 0 Å². The standard InChI is InChI=1S/C33H28N2O7S/c1-18-14-23-15-22(12-13-25(23)42-18)28(36)26-27(21-10-7-11-24(16-21)41-17-20-8-5-4-6-9-20)35(31(38)29(26)37)33-34-19(2)30(43-33)32(39)40-3/h4-13,15-16,18,27,36H,14,17H2,1-3H3/b28-26+/t18-,27+/m0/s1. The lowest BCUT2D eigenvalue weighted by Gasteiger charge is -2.23. The minimum absolute atomic E-state index is 0.00579. The maximum absolute atomic E-state index is 13.7. The Bertz CT molecular complexity index is 1780. The SMILES string of the molecule is COC(=O)c1sc(N2C(=O)C(=O)/C(=C(/O)c3ccc4c(c3)C[C@H](C)O4)[C@H]2c2cccc(OCc3ccccc3)c2)nc1C. The van der Waals surface area contributed by atoms with E-state index >= 15 is 0 Å². The molecule has 1 fully saturated rings. The minimum Gasteiger partial charge on any atom is -0.507 e. The molecule has 3 aromatic carbocycles. The van der Waals surface area contributed by atoms with Crippen molar-refractivity contribution in [3.05, 3.63) is 111 Å². The quantitative estimate of drug-likeness (QED) is 0.124. The Morgan fingerprint density at radius 3 is 2.65 bits per heavy atom. The third kappa shape index (κ3) is 5.25. The summed E-state index contributed by atoms with van der Waals surface area (Å²) in [5.41, 5.74) is 3.06. The summed E-state index contributed by atoms with van der Waals surface area (Å²) < 4.78 is 16.7. The average molecular weight is 597 g/mol. The third-order valence-electron chi connectivity index (χ3n) is 7.40. The van der Waals surface area contributed by atoms with Gasteiger partial charge in [0.2, 0.25) is 0 Å². The lowest BCUT2D eigenvalue weighted by molar-refractivity contribution is -0.132. The molecular weight excluding hydrogens is 568 g/mol. The van der Waals surface area contributed by atoms with Crippen LogP contribution in [0, 0.1) is 6.92 Å². The van der Waals surface area contributed by atoms with Gasteiger partial charge in [-0.05, 0) is 60.9 Å². The van der Waals surface area contributed by atoms with E-state index in [4.69, 9.17) is 14.2 Å². The Morgan fingerprint density at radius 2 is 1.88 bits per heavy atom. The van der Waals surface area contributed by atoms with Crippen LogP contribution in [0.5, 0.6) is 11.5 Å². The number of ether oxygens (including phenoxy) is 3. The van der Waals surface area contributed by atoms with Gasteiger partial charge in [-0.3, -0.25) is 14.5 Å². The van der Waals surface area contributed by atoms with Gasteiger partial charge in [0.1, 0.15) is 34.8 Å². The van der Waals surface area contributed by atoms with Gasteiger partial charge in [0, 0.05) is 12.0 Å². The van der Waals surface area contributed by atoms with Gasteiger partial charge in [-0.25, -0.2) is 9.78 Å². The first-order chi connectivity index (χ1) is 20.7. The fraction of sp³-hybridized carbons (Fsp3) is 0.212. The molecule has 4 aromatic rings. The molecule has 0 unspecified atom stereocenters. The molecule has 2 aliphatic rings. The number of anilines is 1. The number of esters is 1. The van der Waals surface area contributed by atoms with Gasteiger partial charge in [0.15, 0.2) is 5.13 Å². The number of hydrogen-bond acceptors (Lipinski definition) is 9. The molecule has 0 spiro atoms. The number of ketones is 1. The molecule has 2 aliphatic heterocycles. The molecule has 43 heavy (non-hydrogen) atoms. The molecule has 218 valence electrons. The van der Waals surface area contributed by atoms with E-state index in [9.17, 15) is 19.5 Å². The number of methoxy groups -OCH3 is 1. The van der Waals surface area contributed by atoms with Gasteiger partial charge in [0.05, 0.1) is 24.4 Å². The highest BCUT2D eigenvalue weighted by Gasteiger charge is 2.48. The van der Waals surface area contributed by atoms with E-state index in [1.54, 1.807) is 49.4 Å². The Labute approximate surface area is 252 Å². The van der Waals surface area contributed by atoms with Crippen LogP contribution < -0.4 is 14.4 Å². The molecule has 0 radical (unpaired) electrons. The summed E-state index contributed by atoms with van der Waals surface area (Å²) in [6, 6.07) is 20.9. The molecule has 0 bridgehead atoms. The number of aliphatic hydroxyl groups excluding tert-OH is 1. The smallest absolute Gasteiger partial charge is 0.350 e. The van der Waals surface area contributed by atoms with Gasteiger partial charge < -0.3 is 19.3 Å². The van der Waals surface area contributed by atoms with E-state index in [-0.39, 0.29) is 27.4 Å². The normalized spacial score (nSPS) is 18.8. The molecule has 2 atom stereocenters. The number of aliphatic hydroxyl groups is 1. The molecular formula is C33H28N2O7S. The van der Waals surface area contributed by atoms with Crippen molar-refractivity contribution < 1.29 is 33.7 Å². The van der Waals surface area contributed by atoms with Crippen molar-refractivity contribution in [2.75, 3.05) is 12.0 Å². The monoisotopic (exact) mass is 596 g/mol. The van der Waals surface area contributed by atoms with Gasteiger partial charge in [-0.15, -0.1) is 0 Å². The van der Waals surface area contributed by atoms with Crippen LogP contribution in [0.25, 0.3) is 5.76 Å². The Hall–Kier alpha value is -4.96. The number of rotatable bonds is 7. The molecule has 1 N–H and O–H groups in total. The van der Waals surface area contributed by atoms with Crippen molar-refractivity contribution in [1.82, 2.24) is 4.98 Å². The summed E-state index contributed by atoms with van der Waals surface area (Å²) in [4.78, 5) is 45.6. The summed E-state index contributed by atoms with van der Waals surface area (Å²) in [6.45, 7) is 3.90. The van der Waals surface area contributed by atoms with Crippen molar-refractivity contribution >= 4 is 39.9 Å². The highest BCUT2D eigenvalue weighted by molar-refractivity contribution is 7.17. The van der Waals surface area contributed by atoms with Crippen molar-refractivity contribution in [2.45, 2.75) is 39.0 Å².